The van der Waals surface area contributed by atoms with Gasteiger partial charge in [0.05, 0.1) is 6.54 Å². The first-order valence-corrected chi connectivity index (χ1v) is 11.5. The summed E-state index contributed by atoms with van der Waals surface area (Å²) in [6, 6.07) is 15.1. The van der Waals surface area contributed by atoms with E-state index >= 15 is 0 Å². The van der Waals surface area contributed by atoms with E-state index in [4.69, 9.17) is 0 Å². The molecule has 0 fully saturated rings. The van der Waals surface area contributed by atoms with Gasteiger partial charge in [-0.1, -0.05) is 42.1 Å². The zero-order chi connectivity index (χ0) is 24.0. The van der Waals surface area contributed by atoms with E-state index in [0.29, 0.717) is 10.9 Å². The van der Waals surface area contributed by atoms with Crippen molar-refractivity contribution < 1.29 is 4.39 Å². The van der Waals surface area contributed by atoms with E-state index in [1.165, 1.54) is 35.5 Å². The summed E-state index contributed by atoms with van der Waals surface area (Å²) < 4.78 is 17.6. The molecule has 0 spiro atoms. The monoisotopic (exact) mass is 477 g/mol. The number of hydrogen-bond donors (Lipinski definition) is 1. The molecule has 5 rings (SSSR count). The van der Waals surface area contributed by atoms with Crippen LogP contribution in [0.5, 0.6) is 0 Å². The number of aryl methyl sites for hydroxylation is 1. The average molecular weight is 478 g/mol. The number of hydrogen-bond acceptors (Lipinski definition) is 5. The Morgan fingerprint density at radius 2 is 1.74 bits per heavy atom. The van der Waals surface area contributed by atoms with E-state index in [1.54, 1.807) is 29.8 Å². The molecule has 1 N–H and O–H groups in total. The maximum atomic E-state index is 13.4. The van der Waals surface area contributed by atoms with Crippen LogP contribution in [0.15, 0.2) is 74.1 Å². The van der Waals surface area contributed by atoms with E-state index in [-0.39, 0.29) is 29.1 Å². The van der Waals surface area contributed by atoms with Gasteiger partial charge in [0, 0.05) is 36.8 Å². The van der Waals surface area contributed by atoms with Gasteiger partial charge in [-0.05, 0) is 29.3 Å². The van der Waals surface area contributed by atoms with E-state index in [1.807, 2.05) is 24.3 Å². The van der Waals surface area contributed by atoms with E-state index in [9.17, 15) is 18.8 Å². The Labute approximate surface area is 196 Å². The number of imidazole rings is 1. The van der Waals surface area contributed by atoms with Crippen molar-refractivity contribution in [2.24, 2.45) is 14.1 Å². The number of aromatic nitrogens is 5. The smallest absolute Gasteiger partial charge is 0.322 e. The summed E-state index contributed by atoms with van der Waals surface area (Å²) in [5.74, 6) is 0.0687. The number of pyridine rings is 1. The fourth-order valence-corrected chi connectivity index (χ4v) is 4.98. The number of aromatic amines is 1. The molecule has 3 heterocycles. The molecule has 0 amide bonds. The van der Waals surface area contributed by atoms with Crippen LogP contribution >= 0.6 is 11.8 Å². The number of para-hydroxylation sites is 1. The maximum absolute atomic E-state index is 13.4. The van der Waals surface area contributed by atoms with Crippen LogP contribution in [0.1, 0.15) is 11.1 Å². The first-order valence-electron chi connectivity index (χ1n) is 10.5. The van der Waals surface area contributed by atoms with Crippen molar-refractivity contribution in [3.63, 3.8) is 0 Å². The summed E-state index contributed by atoms with van der Waals surface area (Å²) >= 11 is 1.36. The largest absolute Gasteiger partial charge is 0.332 e. The van der Waals surface area contributed by atoms with Crippen LogP contribution < -0.4 is 16.8 Å². The molecule has 0 unspecified atom stereocenters. The van der Waals surface area contributed by atoms with Crippen LogP contribution in [0, 0.1) is 5.82 Å². The van der Waals surface area contributed by atoms with E-state index in [2.05, 4.69) is 9.97 Å². The van der Waals surface area contributed by atoms with Crippen molar-refractivity contribution in [1.82, 2.24) is 23.7 Å². The second-order valence-corrected chi connectivity index (χ2v) is 8.92. The summed E-state index contributed by atoms with van der Waals surface area (Å²) in [6.45, 7) is 0.267. The van der Waals surface area contributed by atoms with Crippen molar-refractivity contribution in [2.45, 2.75) is 17.5 Å². The van der Waals surface area contributed by atoms with Gasteiger partial charge in [-0.2, -0.15) is 0 Å². The number of H-pyrrole nitrogens is 1. The van der Waals surface area contributed by atoms with Gasteiger partial charge in [0.1, 0.15) is 5.82 Å². The topological polar surface area (TPSA) is 94.7 Å². The average Bonchev–Trinajstić information content (AvgIpc) is 3.19. The number of benzene rings is 2. The highest BCUT2D eigenvalue weighted by atomic mass is 32.2. The highest BCUT2D eigenvalue weighted by Crippen LogP contribution is 2.28. The Morgan fingerprint density at radius 1 is 1.00 bits per heavy atom. The molecule has 0 bridgehead atoms. The normalized spacial score (nSPS) is 11.5. The van der Waals surface area contributed by atoms with Gasteiger partial charge in [0.25, 0.3) is 5.56 Å². The number of thioether (sulfide) groups is 1. The minimum Gasteiger partial charge on any atom is -0.322 e. The lowest BCUT2D eigenvalue weighted by Crippen LogP contribution is -2.37. The third-order valence-corrected chi connectivity index (χ3v) is 6.79. The molecule has 2 aromatic carbocycles. The SMILES string of the molecule is Cn1c(=O)c2c(nc(SCc3cc(=O)[nH]c4ccccc34)n2Cc2ccc(F)cc2)n(C)c1=O. The number of fused-ring (bicyclic) bond motifs is 2. The molecule has 3 aromatic heterocycles. The van der Waals surface area contributed by atoms with Crippen molar-refractivity contribution in [1.29, 1.82) is 0 Å². The summed E-state index contributed by atoms with van der Waals surface area (Å²) in [4.78, 5) is 45.1. The quantitative estimate of drug-likeness (QED) is 0.393. The molecule has 0 radical (unpaired) electrons. The molecule has 0 aliphatic carbocycles. The van der Waals surface area contributed by atoms with Gasteiger partial charge in [-0.3, -0.25) is 18.7 Å². The third kappa shape index (κ3) is 3.75. The molecular weight excluding hydrogens is 457 g/mol. The maximum Gasteiger partial charge on any atom is 0.332 e. The molecule has 8 nitrogen and oxygen atoms in total. The van der Waals surface area contributed by atoms with Gasteiger partial charge in [-0.15, -0.1) is 0 Å². The standard InChI is InChI=1S/C24H20FN5O3S/c1-28-21-20(22(32)29(2)24(28)33)30(12-14-7-9-16(25)10-8-14)23(27-21)34-13-15-11-19(31)26-18-6-4-3-5-17(15)18/h3-11H,12-13H2,1-2H3,(H,26,31). The summed E-state index contributed by atoms with van der Waals surface area (Å²) in [7, 11) is 2.99. The number of rotatable bonds is 5. The second kappa shape index (κ2) is 8.45. The highest BCUT2D eigenvalue weighted by molar-refractivity contribution is 7.98. The fraction of sp³-hybridized carbons (Fsp3) is 0.167. The molecular formula is C24H20FN5O3S. The zero-order valence-electron chi connectivity index (χ0n) is 18.4. The van der Waals surface area contributed by atoms with E-state index in [0.717, 1.165) is 26.6 Å². The highest BCUT2D eigenvalue weighted by Gasteiger charge is 2.20. The van der Waals surface area contributed by atoms with Crippen molar-refractivity contribution in [3.05, 3.63) is 103 Å². The lowest BCUT2D eigenvalue weighted by Gasteiger charge is -2.10. The van der Waals surface area contributed by atoms with Crippen LogP contribution in [-0.4, -0.2) is 23.7 Å². The molecule has 0 aliphatic rings. The number of nitrogens with one attached hydrogen (secondary N) is 1. The molecule has 0 atom stereocenters. The summed E-state index contributed by atoms with van der Waals surface area (Å²) in [5.41, 5.74) is 1.77. The Hall–Kier alpha value is -3.92. The lowest BCUT2D eigenvalue weighted by atomic mass is 10.1. The minimum atomic E-state index is -0.471. The van der Waals surface area contributed by atoms with Gasteiger partial charge < -0.3 is 9.55 Å². The van der Waals surface area contributed by atoms with Crippen LogP contribution in [0.3, 0.4) is 0 Å². The number of halogens is 1. The number of nitrogens with zero attached hydrogens (tertiary/aromatic N) is 4. The minimum absolute atomic E-state index is 0.203. The van der Waals surface area contributed by atoms with Gasteiger partial charge in [-0.25, -0.2) is 14.2 Å². The third-order valence-electron chi connectivity index (χ3n) is 5.76. The van der Waals surface area contributed by atoms with Crippen molar-refractivity contribution in [3.8, 4) is 0 Å². The molecule has 5 aromatic rings. The van der Waals surface area contributed by atoms with Gasteiger partial charge in [0.2, 0.25) is 5.56 Å². The fourth-order valence-electron chi connectivity index (χ4n) is 3.99. The Morgan fingerprint density at radius 3 is 2.50 bits per heavy atom. The summed E-state index contributed by atoms with van der Waals surface area (Å²) in [5, 5.41) is 1.43. The molecule has 34 heavy (non-hydrogen) atoms. The Bertz CT molecular complexity index is 1730. The van der Waals surface area contributed by atoms with E-state index < -0.39 is 11.2 Å². The molecule has 0 saturated heterocycles. The Kier molecular flexibility index (Phi) is 5.45. The van der Waals surface area contributed by atoms with Crippen LogP contribution in [-0.2, 0) is 26.4 Å². The molecule has 172 valence electrons. The van der Waals surface area contributed by atoms with Gasteiger partial charge >= 0.3 is 5.69 Å². The van der Waals surface area contributed by atoms with Crippen molar-refractivity contribution in [2.75, 3.05) is 0 Å². The van der Waals surface area contributed by atoms with Crippen LogP contribution in [0.25, 0.3) is 22.1 Å². The Balaban J connectivity index is 1.64. The molecule has 10 heteroatoms. The van der Waals surface area contributed by atoms with Gasteiger partial charge in [0.15, 0.2) is 16.3 Å². The first kappa shape index (κ1) is 21.9. The predicted octanol–water partition coefficient (Wildman–Crippen LogP) is 2.75. The van der Waals surface area contributed by atoms with Crippen LogP contribution in [0.4, 0.5) is 4.39 Å². The lowest BCUT2D eigenvalue weighted by molar-refractivity contribution is 0.625. The summed E-state index contributed by atoms with van der Waals surface area (Å²) in [6.07, 6.45) is 0. The molecule has 0 aliphatic heterocycles. The molecule has 0 saturated carbocycles. The predicted molar refractivity (Wildman–Crippen MR) is 130 cm³/mol. The van der Waals surface area contributed by atoms with Crippen LogP contribution in [0.2, 0.25) is 0 Å². The second-order valence-electron chi connectivity index (χ2n) is 7.98. The van der Waals surface area contributed by atoms with Crippen molar-refractivity contribution >= 4 is 33.8 Å². The zero-order valence-corrected chi connectivity index (χ0v) is 19.2. The first-order chi connectivity index (χ1) is 16.3.